The number of allylic oxidation sites excluding steroid dienone is 1. The topological polar surface area (TPSA) is 53.8 Å². The number of piperidine rings is 1. The van der Waals surface area contributed by atoms with Gasteiger partial charge in [-0.2, -0.15) is 0 Å². The zero-order valence-electron chi connectivity index (χ0n) is 13.4. The summed E-state index contributed by atoms with van der Waals surface area (Å²) in [5.41, 5.74) is 0. The van der Waals surface area contributed by atoms with Crippen LogP contribution < -0.4 is 10.0 Å². The Morgan fingerprint density at radius 1 is 1.33 bits per heavy atom. The third-order valence-corrected chi connectivity index (χ3v) is 4.58. The number of carbonyl (C=O) groups excluding carboxylic acids is 1. The quantitative estimate of drug-likeness (QED) is 0.451. The standard InChI is InChI=1S/C17H31NO3/c1-3-4-5-6-7-8-9-10-15-13-16(21-2)11-12-18(15)14-17(19)20/h3,15-16H,1,4-14H2,2H3,(H,19,20). The Labute approximate surface area is 129 Å². The first kappa shape index (κ1) is 18.2. The van der Waals surface area contributed by atoms with E-state index in [-0.39, 0.29) is 6.54 Å². The van der Waals surface area contributed by atoms with Gasteiger partial charge < -0.3 is 19.5 Å². The van der Waals surface area contributed by atoms with Crippen LogP contribution in [0.3, 0.4) is 0 Å². The van der Waals surface area contributed by atoms with Crippen molar-refractivity contribution in [2.45, 2.75) is 69.9 Å². The predicted molar refractivity (Wildman–Crippen MR) is 82.0 cm³/mol. The van der Waals surface area contributed by atoms with E-state index in [0.29, 0.717) is 12.1 Å². The van der Waals surface area contributed by atoms with E-state index < -0.39 is 5.97 Å². The lowest BCUT2D eigenvalue weighted by atomic mass is 9.94. The van der Waals surface area contributed by atoms with E-state index in [0.717, 1.165) is 32.2 Å². The van der Waals surface area contributed by atoms with Gasteiger partial charge in [-0.1, -0.05) is 25.3 Å². The fourth-order valence-electron chi connectivity index (χ4n) is 3.32. The monoisotopic (exact) mass is 297 g/mol. The number of methoxy groups -OCH3 is 1. The molecule has 4 nitrogen and oxygen atoms in total. The molecule has 1 saturated heterocycles. The fraction of sp³-hybridized carbons (Fsp3) is 0.824. The number of likely N-dealkylation sites (tertiary alicyclic amines) is 1. The van der Waals surface area contributed by atoms with Crippen molar-refractivity contribution in [1.29, 1.82) is 0 Å². The zero-order valence-corrected chi connectivity index (χ0v) is 13.4. The van der Waals surface area contributed by atoms with Gasteiger partial charge in [-0.05, 0) is 25.7 Å². The molecule has 0 radical (unpaired) electrons. The normalized spacial score (nSPS) is 25.7. The first-order valence-electron chi connectivity index (χ1n) is 8.35. The van der Waals surface area contributed by atoms with E-state index in [9.17, 15) is 9.90 Å². The van der Waals surface area contributed by atoms with Crippen molar-refractivity contribution in [2.24, 2.45) is 0 Å². The Bertz CT molecular complexity index is 306. The van der Waals surface area contributed by atoms with Crippen LogP contribution in [0.15, 0.2) is 12.7 Å². The van der Waals surface area contributed by atoms with Crippen molar-refractivity contribution < 1.29 is 19.5 Å². The van der Waals surface area contributed by atoms with Crippen LogP contribution >= 0.6 is 0 Å². The van der Waals surface area contributed by atoms with Gasteiger partial charge in [-0.3, -0.25) is 0 Å². The third-order valence-electron chi connectivity index (χ3n) is 4.58. The molecule has 1 N–H and O–H groups in total. The molecule has 0 aromatic carbocycles. The summed E-state index contributed by atoms with van der Waals surface area (Å²) in [7, 11) is 1.76. The minimum Gasteiger partial charge on any atom is -0.544 e. The minimum atomic E-state index is -0.935. The number of hydrogen-bond donors (Lipinski definition) is 1. The van der Waals surface area contributed by atoms with Gasteiger partial charge in [-0.15, -0.1) is 6.58 Å². The molecule has 0 amide bonds. The van der Waals surface area contributed by atoms with E-state index in [1.165, 1.54) is 37.0 Å². The Morgan fingerprint density at radius 3 is 2.71 bits per heavy atom. The second-order valence-corrected chi connectivity index (χ2v) is 6.17. The number of hydrogen-bond acceptors (Lipinski definition) is 3. The summed E-state index contributed by atoms with van der Waals surface area (Å²) in [6.07, 6.45) is 12.6. The smallest absolute Gasteiger partial charge is 0.118 e. The van der Waals surface area contributed by atoms with Crippen LogP contribution in [0.1, 0.15) is 57.8 Å². The number of unbranched alkanes of at least 4 members (excludes halogenated alkanes) is 5. The molecule has 1 fully saturated rings. The van der Waals surface area contributed by atoms with Crippen molar-refractivity contribution in [1.82, 2.24) is 0 Å². The maximum Gasteiger partial charge on any atom is 0.118 e. The van der Waals surface area contributed by atoms with Gasteiger partial charge in [0, 0.05) is 20.0 Å². The third kappa shape index (κ3) is 7.63. The van der Waals surface area contributed by atoms with Crippen LogP contribution in [0.4, 0.5) is 0 Å². The maximum atomic E-state index is 10.9. The van der Waals surface area contributed by atoms with Crippen molar-refractivity contribution in [2.75, 3.05) is 20.2 Å². The molecule has 1 heterocycles. The number of nitrogens with one attached hydrogen (secondary N) is 1. The highest BCUT2D eigenvalue weighted by atomic mass is 16.5. The average Bonchev–Trinajstić information content (AvgIpc) is 2.47. The second kappa shape index (κ2) is 10.8. The van der Waals surface area contributed by atoms with Gasteiger partial charge in [0.2, 0.25) is 0 Å². The van der Waals surface area contributed by atoms with Crippen LogP contribution in [-0.4, -0.2) is 38.3 Å². The number of aliphatic carboxylic acids is 1. The summed E-state index contributed by atoms with van der Waals surface area (Å²) in [5, 5.41) is 10.9. The molecule has 122 valence electrons. The number of carboxylic acids is 1. The minimum absolute atomic E-state index is 0.139. The SMILES string of the molecule is C=CCCCCCCCC1CC(OC)CC[NH+]1CC(=O)[O-]. The molecule has 0 spiro atoms. The van der Waals surface area contributed by atoms with Gasteiger partial charge in [0.15, 0.2) is 0 Å². The Kier molecular flexibility index (Phi) is 9.35. The molecular formula is C17H31NO3. The highest BCUT2D eigenvalue weighted by Crippen LogP contribution is 2.15. The lowest BCUT2D eigenvalue weighted by Gasteiger charge is -2.36. The molecule has 0 saturated carbocycles. The molecule has 0 aliphatic carbocycles. The van der Waals surface area contributed by atoms with Gasteiger partial charge in [0.05, 0.1) is 24.7 Å². The highest BCUT2D eigenvalue weighted by Gasteiger charge is 2.31. The summed E-state index contributed by atoms with van der Waals surface area (Å²) in [4.78, 5) is 12.0. The number of quaternary nitrogens is 1. The molecule has 0 aromatic rings. The first-order valence-corrected chi connectivity index (χ1v) is 8.35. The van der Waals surface area contributed by atoms with E-state index in [1.807, 2.05) is 6.08 Å². The van der Waals surface area contributed by atoms with Crippen LogP contribution in [0, 0.1) is 0 Å². The Morgan fingerprint density at radius 2 is 2.05 bits per heavy atom. The van der Waals surface area contributed by atoms with E-state index in [4.69, 9.17) is 4.74 Å². The van der Waals surface area contributed by atoms with Crippen molar-refractivity contribution >= 4 is 5.97 Å². The van der Waals surface area contributed by atoms with Crippen LogP contribution in [0.5, 0.6) is 0 Å². The first-order chi connectivity index (χ1) is 10.2. The van der Waals surface area contributed by atoms with Crippen molar-refractivity contribution in [3.63, 3.8) is 0 Å². The lowest BCUT2D eigenvalue weighted by molar-refractivity contribution is -0.926. The van der Waals surface area contributed by atoms with E-state index in [2.05, 4.69) is 6.58 Å². The number of carbonyl (C=O) groups is 1. The molecule has 0 bridgehead atoms. The fourth-order valence-corrected chi connectivity index (χ4v) is 3.32. The number of carboxylic acid groups (broad SMARTS) is 1. The number of rotatable bonds is 11. The van der Waals surface area contributed by atoms with Gasteiger partial charge >= 0.3 is 0 Å². The highest BCUT2D eigenvalue weighted by molar-refractivity contribution is 5.65. The molecular weight excluding hydrogens is 266 g/mol. The largest absolute Gasteiger partial charge is 0.544 e. The average molecular weight is 297 g/mol. The molecule has 21 heavy (non-hydrogen) atoms. The zero-order chi connectivity index (χ0) is 15.5. The van der Waals surface area contributed by atoms with E-state index >= 15 is 0 Å². The summed E-state index contributed by atoms with van der Waals surface area (Å²) >= 11 is 0. The molecule has 1 aliphatic heterocycles. The van der Waals surface area contributed by atoms with Crippen LogP contribution in [-0.2, 0) is 9.53 Å². The lowest BCUT2D eigenvalue weighted by Crippen LogP contribution is -3.18. The van der Waals surface area contributed by atoms with E-state index in [1.54, 1.807) is 7.11 Å². The summed E-state index contributed by atoms with van der Waals surface area (Å²) < 4.78 is 5.46. The Hall–Kier alpha value is -0.870. The van der Waals surface area contributed by atoms with Gasteiger partial charge in [0.25, 0.3) is 0 Å². The van der Waals surface area contributed by atoms with Crippen molar-refractivity contribution in [3.8, 4) is 0 Å². The molecule has 3 atom stereocenters. The maximum absolute atomic E-state index is 10.9. The number of ether oxygens (including phenoxy) is 1. The molecule has 0 aromatic heterocycles. The molecule has 3 unspecified atom stereocenters. The van der Waals surface area contributed by atoms with Gasteiger partial charge in [-0.25, -0.2) is 0 Å². The van der Waals surface area contributed by atoms with Crippen molar-refractivity contribution in [3.05, 3.63) is 12.7 Å². The summed E-state index contributed by atoms with van der Waals surface area (Å²) in [6.45, 7) is 4.76. The second-order valence-electron chi connectivity index (χ2n) is 6.17. The van der Waals surface area contributed by atoms with Gasteiger partial charge in [0.1, 0.15) is 6.54 Å². The molecule has 1 rings (SSSR count). The summed E-state index contributed by atoms with van der Waals surface area (Å²) in [5.74, 6) is -0.935. The van der Waals surface area contributed by atoms with Crippen LogP contribution in [0.2, 0.25) is 0 Å². The molecule has 1 aliphatic rings. The van der Waals surface area contributed by atoms with Crippen LogP contribution in [0.25, 0.3) is 0 Å². The Balaban J connectivity index is 2.25. The predicted octanol–water partition coefficient (Wildman–Crippen LogP) is 0.715. The molecule has 4 heteroatoms. The summed E-state index contributed by atoms with van der Waals surface area (Å²) in [6, 6.07) is 0.412.